The number of hydrogen-bond acceptors (Lipinski definition) is 3. The van der Waals surface area contributed by atoms with E-state index in [1.165, 1.54) is 0 Å². The van der Waals surface area contributed by atoms with E-state index < -0.39 is 5.91 Å². The molecule has 2 rings (SSSR count). The van der Waals surface area contributed by atoms with Crippen LogP contribution >= 0.6 is 0 Å². The highest BCUT2D eigenvalue weighted by Crippen LogP contribution is 2.12. The third kappa shape index (κ3) is 2.73. The molecule has 4 heteroatoms. The first-order chi connectivity index (χ1) is 8.68. The van der Waals surface area contributed by atoms with Gasteiger partial charge in [0.1, 0.15) is 0 Å². The molecule has 0 saturated heterocycles. The van der Waals surface area contributed by atoms with Gasteiger partial charge < -0.3 is 10.3 Å². The number of amides is 1. The summed E-state index contributed by atoms with van der Waals surface area (Å²) in [4.78, 5) is 15.8. The lowest BCUT2D eigenvalue weighted by Crippen LogP contribution is -2.25. The van der Waals surface area contributed by atoms with Crippen molar-refractivity contribution in [2.24, 2.45) is 0 Å². The Labute approximate surface area is 105 Å². The molecule has 1 aromatic heterocycles. The molecule has 0 atom stereocenters. The average Bonchev–Trinajstić information content (AvgIpc) is 2.39. The molecule has 2 aromatic rings. The fourth-order valence-electron chi connectivity index (χ4n) is 1.67. The second-order valence-corrected chi connectivity index (χ2v) is 4.01. The summed E-state index contributed by atoms with van der Waals surface area (Å²) < 4.78 is 0. The second kappa shape index (κ2) is 5.42. The molecule has 0 spiro atoms. The van der Waals surface area contributed by atoms with E-state index >= 15 is 0 Å². The van der Waals surface area contributed by atoms with Crippen molar-refractivity contribution in [2.75, 3.05) is 0 Å². The van der Waals surface area contributed by atoms with Crippen LogP contribution in [0.4, 0.5) is 0 Å². The third-order valence-electron chi connectivity index (χ3n) is 2.68. The Morgan fingerprint density at radius 3 is 2.56 bits per heavy atom. The molecule has 0 fully saturated rings. The first kappa shape index (κ1) is 12.3. The van der Waals surface area contributed by atoms with Gasteiger partial charge in [-0.15, -0.1) is 0 Å². The summed E-state index contributed by atoms with van der Waals surface area (Å²) >= 11 is 0. The molecule has 0 N–H and O–H groups in total. The highest BCUT2D eigenvalue weighted by Gasteiger charge is 2.10. The quantitative estimate of drug-likeness (QED) is 0.776. The third-order valence-corrected chi connectivity index (χ3v) is 2.68. The number of pyridine rings is 1. The van der Waals surface area contributed by atoms with E-state index in [0.717, 1.165) is 11.1 Å². The summed E-state index contributed by atoms with van der Waals surface area (Å²) in [5, 5.41) is 12.3. The Balaban J connectivity index is 2.13. The summed E-state index contributed by atoms with van der Waals surface area (Å²) in [6.07, 6.45) is 3.20. The average molecular weight is 241 g/mol. The SMILES string of the molecule is Cc1ccccc1C(=O)N([O-])Cc1ccncc1. The van der Waals surface area contributed by atoms with Gasteiger partial charge in [0.25, 0.3) is 0 Å². The number of carbonyl (C=O) groups is 1. The molecule has 0 saturated carbocycles. The molecule has 0 radical (unpaired) electrons. The van der Waals surface area contributed by atoms with Crippen molar-refractivity contribution in [1.82, 2.24) is 10.0 Å². The van der Waals surface area contributed by atoms with Gasteiger partial charge in [-0.3, -0.25) is 9.78 Å². The summed E-state index contributed by atoms with van der Waals surface area (Å²) in [5.41, 5.74) is 2.02. The number of benzene rings is 1. The van der Waals surface area contributed by atoms with E-state index in [1.807, 2.05) is 19.1 Å². The summed E-state index contributed by atoms with van der Waals surface area (Å²) in [5.74, 6) is -0.509. The van der Waals surface area contributed by atoms with Crippen molar-refractivity contribution in [3.8, 4) is 0 Å². The van der Waals surface area contributed by atoms with Crippen molar-refractivity contribution in [3.63, 3.8) is 0 Å². The molecule has 92 valence electrons. The van der Waals surface area contributed by atoms with Crippen molar-refractivity contribution in [2.45, 2.75) is 13.5 Å². The molecule has 0 aliphatic rings. The molecular weight excluding hydrogens is 228 g/mol. The molecule has 0 aliphatic carbocycles. The van der Waals surface area contributed by atoms with Gasteiger partial charge in [-0.2, -0.15) is 0 Å². The molecule has 0 unspecified atom stereocenters. The highest BCUT2D eigenvalue weighted by molar-refractivity contribution is 5.95. The fraction of sp³-hybridized carbons (Fsp3) is 0.143. The first-order valence-electron chi connectivity index (χ1n) is 5.62. The zero-order valence-corrected chi connectivity index (χ0v) is 10.0. The monoisotopic (exact) mass is 241 g/mol. The minimum absolute atomic E-state index is 0.0374. The van der Waals surface area contributed by atoms with Crippen molar-refractivity contribution >= 4 is 5.91 Å². The number of aromatic nitrogens is 1. The van der Waals surface area contributed by atoms with Crippen molar-refractivity contribution in [1.29, 1.82) is 0 Å². The van der Waals surface area contributed by atoms with E-state index in [4.69, 9.17) is 0 Å². The summed E-state index contributed by atoms with van der Waals surface area (Å²) in [7, 11) is 0. The molecular formula is C14H13N2O2-. The van der Waals surface area contributed by atoms with Crippen LogP contribution in [-0.4, -0.2) is 16.0 Å². The molecule has 0 bridgehead atoms. The summed E-state index contributed by atoms with van der Waals surface area (Å²) in [6.45, 7) is 1.85. The topological polar surface area (TPSA) is 56.3 Å². The predicted octanol–water partition coefficient (Wildman–Crippen LogP) is 2.53. The molecule has 4 nitrogen and oxygen atoms in total. The fourth-order valence-corrected chi connectivity index (χ4v) is 1.67. The van der Waals surface area contributed by atoms with Crippen LogP contribution in [0.3, 0.4) is 0 Å². The van der Waals surface area contributed by atoms with Crippen molar-refractivity contribution in [3.05, 3.63) is 70.7 Å². The van der Waals surface area contributed by atoms with Gasteiger partial charge in [-0.25, -0.2) is 0 Å². The van der Waals surface area contributed by atoms with Gasteiger partial charge in [0.15, 0.2) is 0 Å². The van der Waals surface area contributed by atoms with Gasteiger partial charge in [-0.05, 0) is 36.2 Å². The largest absolute Gasteiger partial charge is 0.756 e. The van der Waals surface area contributed by atoms with Crippen molar-refractivity contribution < 1.29 is 4.79 Å². The number of hydroxylamine groups is 2. The number of nitrogens with zero attached hydrogens (tertiary/aromatic N) is 2. The lowest BCUT2D eigenvalue weighted by Gasteiger charge is -2.28. The van der Waals surface area contributed by atoms with E-state index in [-0.39, 0.29) is 6.54 Å². The molecule has 1 amide bonds. The van der Waals surface area contributed by atoms with Gasteiger partial charge in [-0.1, -0.05) is 18.2 Å². The Kier molecular flexibility index (Phi) is 3.69. The second-order valence-electron chi connectivity index (χ2n) is 4.01. The van der Waals surface area contributed by atoms with Crippen LogP contribution < -0.4 is 0 Å². The Hall–Kier alpha value is -2.20. The van der Waals surface area contributed by atoms with Crippen LogP contribution in [0.15, 0.2) is 48.8 Å². The molecule has 1 heterocycles. The van der Waals surface area contributed by atoms with Crippen LogP contribution in [0, 0.1) is 12.1 Å². The van der Waals surface area contributed by atoms with Gasteiger partial charge in [0.05, 0.1) is 0 Å². The summed E-state index contributed by atoms with van der Waals surface area (Å²) in [6, 6.07) is 10.5. The number of hydrogen-bond donors (Lipinski definition) is 0. The lowest BCUT2D eigenvalue weighted by atomic mass is 10.1. The van der Waals surface area contributed by atoms with E-state index in [2.05, 4.69) is 4.98 Å². The van der Waals surface area contributed by atoms with Crippen LogP contribution in [0.1, 0.15) is 21.5 Å². The Bertz CT molecular complexity index is 541. The zero-order valence-electron chi connectivity index (χ0n) is 10.0. The maximum atomic E-state index is 12.0. The van der Waals surface area contributed by atoms with Gasteiger partial charge in [0, 0.05) is 24.5 Å². The minimum atomic E-state index is -0.509. The van der Waals surface area contributed by atoms with Crippen LogP contribution in [-0.2, 0) is 6.54 Å². The van der Waals surface area contributed by atoms with E-state index in [9.17, 15) is 10.0 Å². The lowest BCUT2D eigenvalue weighted by molar-refractivity contribution is 0.0813. The van der Waals surface area contributed by atoms with Crippen LogP contribution in [0.2, 0.25) is 0 Å². The van der Waals surface area contributed by atoms with Crippen LogP contribution in [0.25, 0.3) is 0 Å². The van der Waals surface area contributed by atoms with Gasteiger partial charge >= 0.3 is 0 Å². The zero-order chi connectivity index (χ0) is 13.0. The molecule has 1 aromatic carbocycles. The Morgan fingerprint density at radius 2 is 1.89 bits per heavy atom. The maximum absolute atomic E-state index is 12.0. The van der Waals surface area contributed by atoms with Gasteiger partial charge in [0.2, 0.25) is 5.91 Å². The number of rotatable bonds is 3. The number of aryl methyl sites for hydroxylation is 1. The Morgan fingerprint density at radius 1 is 1.22 bits per heavy atom. The van der Waals surface area contributed by atoms with E-state index in [1.54, 1.807) is 36.7 Å². The highest BCUT2D eigenvalue weighted by atomic mass is 16.5. The molecule has 18 heavy (non-hydrogen) atoms. The van der Waals surface area contributed by atoms with Crippen LogP contribution in [0.5, 0.6) is 0 Å². The maximum Gasteiger partial charge on any atom is 0.243 e. The normalized spacial score (nSPS) is 10.1. The number of carbonyl (C=O) groups excluding carboxylic acids is 1. The minimum Gasteiger partial charge on any atom is -0.756 e. The predicted molar refractivity (Wildman–Crippen MR) is 68.7 cm³/mol. The van der Waals surface area contributed by atoms with E-state index in [0.29, 0.717) is 10.6 Å². The molecule has 0 aliphatic heterocycles. The standard InChI is InChI=1S/C14H13N2O2/c1-11-4-2-3-5-13(11)14(17)16(18)10-12-6-8-15-9-7-12/h2-9H,10H2,1H3/q-1. The first-order valence-corrected chi connectivity index (χ1v) is 5.62. The smallest absolute Gasteiger partial charge is 0.243 e.